The summed E-state index contributed by atoms with van der Waals surface area (Å²) in [5.41, 5.74) is 2.93. The summed E-state index contributed by atoms with van der Waals surface area (Å²) in [6.07, 6.45) is 4.39. The van der Waals surface area contributed by atoms with Crippen molar-refractivity contribution in [3.8, 4) is 11.1 Å². The van der Waals surface area contributed by atoms with Gasteiger partial charge in [0.15, 0.2) is 9.84 Å². The van der Waals surface area contributed by atoms with Gasteiger partial charge in [-0.1, -0.05) is 29.8 Å². The third-order valence-corrected chi connectivity index (χ3v) is 5.89. The molecule has 2 aromatic rings. The summed E-state index contributed by atoms with van der Waals surface area (Å²) in [5, 5.41) is 4.39. The quantitative estimate of drug-likeness (QED) is 0.853. The summed E-state index contributed by atoms with van der Waals surface area (Å²) in [5.74, 6) is 0.429. The lowest BCUT2D eigenvalue weighted by Crippen LogP contribution is -2.31. The molecule has 5 heteroatoms. The zero-order valence-corrected chi connectivity index (χ0v) is 12.5. The maximum Gasteiger partial charge on any atom is 0.152 e. The van der Waals surface area contributed by atoms with Crippen molar-refractivity contribution in [3.63, 3.8) is 0 Å². The van der Waals surface area contributed by atoms with Crippen LogP contribution >= 0.6 is 0 Å². The van der Waals surface area contributed by atoms with Gasteiger partial charge in [-0.05, 0) is 25.8 Å². The van der Waals surface area contributed by atoms with Gasteiger partial charge in [-0.25, -0.2) is 8.42 Å². The van der Waals surface area contributed by atoms with Crippen LogP contribution in [0.5, 0.6) is 0 Å². The first-order chi connectivity index (χ1) is 9.38. The highest BCUT2D eigenvalue weighted by atomic mass is 32.2. The normalized spacial score (nSPS) is 24.9. The van der Waals surface area contributed by atoms with Crippen molar-refractivity contribution < 1.29 is 8.42 Å². The van der Waals surface area contributed by atoms with Crippen LogP contribution < -0.4 is 0 Å². The first-order valence-electron chi connectivity index (χ1n) is 6.71. The van der Waals surface area contributed by atoms with Gasteiger partial charge in [-0.3, -0.25) is 4.68 Å². The molecule has 0 amide bonds. The van der Waals surface area contributed by atoms with E-state index in [1.165, 1.54) is 5.56 Å². The minimum Gasteiger partial charge on any atom is -0.265 e. The standard InChI is InChI=1S/C15H18N2O2S/c1-12-3-5-13(6-4-12)14-9-16-17(10-14)15(2)7-8-20(18,19)11-15/h3-6,9-10H,7-8,11H2,1-2H3. The SMILES string of the molecule is Cc1ccc(-c2cnn(C3(C)CCS(=O)(=O)C3)c2)cc1. The summed E-state index contributed by atoms with van der Waals surface area (Å²) in [4.78, 5) is 0. The van der Waals surface area contributed by atoms with Crippen LogP contribution in [-0.4, -0.2) is 29.7 Å². The fourth-order valence-corrected chi connectivity index (χ4v) is 4.81. The van der Waals surface area contributed by atoms with Crippen LogP contribution in [-0.2, 0) is 15.4 Å². The molecular formula is C15H18N2O2S. The topological polar surface area (TPSA) is 52.0 Å². The summed E-state index contributed by atoms with van der Waals surface area (Å²) in [6.45, 7) is 4.01. The molecule has 0 N–H and O–H groups in total. The van der Waals surface area contributed by atoms with E-state index in [4.69, 9.17) is 0 Å². The molecule has 3 rings (SSSR count). The smallest absolute Gasteiger partial charge is 0.152 e. The second-order valence-corrected chi connectivity index (χ2v) is 8.06. The zero-order chi connectivity index (χ0) is 14.4. The lowest BCUT2D eigenvalue weighted by atomic mass is 10.0. The molecule has 1 aliphatic heterocycles. The van der Waals surface area contributed by atoms with Crippen LogP contribution in [0, 0.1) is 6.92 Å². The molecule has 1 aromatic carbocycles. The molecule has 0 saturated carbocycles. The molecule has 1 unspecified atom stereocenters. The van der Waals surface area contributed by atoms with Crippen LogP contribution in [0.2, 0.25) is 0 Å². The Morgan fingerprint density at radius 1 is 1.20 bits per heavy atom. The Balaban J connectivity index is 1.93. The molecule has 106 valence electrons. The average Bonchev–Trinajstić information content (AvgIpc) is 2.96. The van der Waals surface area contributed by atoms with E-state index < -0.39 is 15.4 Å². The molecule has 4 nitrogen and oxygen atoms in total. The molecule has 0 spiro atoms. The summed E-state index contributed by atoms with van der Waals surface area (Å²) < 4.78 is 25.2. The number of benzene rings is 1. The average molecular weight is 290 g/mol. The van der Waals surface area contributed by atoms with Gasteiger partial charge in [0.2, 0.25) is 0 Å². The molecule has 0 radical (unpaired) electrons. The van der Waals surface area contributed by atoms with Gasteiger partial charge in [0.25, 0.3) is 0 Å². The van der Waals surface area contributed by atoms with Gasteiger partial charge in [0.1, 0.15) is 0 Å². The van der Waals surface area contributed by atoms with E-state index >= 15 is 0 Å². The summed E-state index contributed by atoms with van der Waals surface area (Å²) in [6, 6.07) is 8.25. The van der Waals surface area contributed by atoms with E-state index in [9.17, 15) is 8.42 Å². The fraction of sp³-hybridized carbons (Fsp3) is 0.400. The molecular weight excluding hydrogens is 272 g/mol. The van der Waals surface area contributed by atoms with Crippen molar-refractivity contribution >= 4 is 9.84 Å². The first-order valence-corrected chi connectivity index (χ1v) is 8.53. The number of hydrogen-bond donors (Lipinski definition) is 0. The number of nitrogens with zero attached hydrogens (tertiary/aromatic N) is 2. The van der Waals surface area contributed by atoms with Crippen molar-refractivity contribution in [2.24, 2.45) is 0 Å². The van der Waals surface area contributed by atoms with E-state index in [1.54, 1.807) is 6.20 Å². The zero-order valence-electron chi connectivity index (χ0n) is 11.7. The Bertz CT molecular complexity index is 731. The second kappa shape index (κ2) is 4.45. The van der Waals surface area contributed by atoms with E-state index in [2.05, 4.69) is 36.3 Å². The Morgan fingerprint density at radius 3 is 2.50 bits per heavy atom. The highest BCUT2D eigenvalue weighted by molar-refractivity contribution is 7.91. The largest absolute Gasteiger partial charge is 0.265 e. The van der Waals surface area contributed by atoms with Gasteiger partial charge in [-0.2, -0.15) is 5.10 Å². The van der Waals surface area contributed by atoms with Crippen LogP contribution in [0.1, 0.15) is 18.9 Å². The Morgan fingerprint density at radius 2 is 1.90 bits per heavy atom. The highest BCUT2D eigenvalue weighted by Gasteiger charge is 2.40. The maximum absolute atomic E-state index is 11.7. The van der Waals surface area contributed by atoms with Crippen molar-refractivity contribution in [1.82, 2.24) is 9.78 Å². The maximum atomic E-state index is 11.7. The molecule has 1 aliphatic rings. The Labute approximate surface area is 119 Å². The number of aryl methyl sites for hydroxylation is 1. The number of rotatable bonds is 2. The Hall–Kier alpha value is -1.62. The van der Waals surface area contributed by atoms with E-state index in [-0.39, 0.29) is 11.5 Å². The lowest BCUT2D eigenvalue weighted by molar-refractivity contribution is 0.328. The number of aromatic nitrogens is 2. The highest BCUT2D eigenvalue weighted by Crippen LogP contribution is 2.31. The number of hydrogen-bond acceptors (Lipinski definition) is 3. The summed E-state index contributed by atoms with van der Waals surface area (Å²) >= 11 is 0. The van der Waals surface area contributed by atoms with Crippen LogP contribution in [0.3, 0.4) is 0 Å². The predicted octanol–water partition coefficient (Wildman–Crippen LogP) is 2.39. The second-order valence-electron chi connectivity index (χ2n) is 5.88. The molecule has 2 heterocycles. The molecule has 1 fully saturated rings. The first kappa shape index (κ1) is 13.4. The monoisotopic (exact) mass is 290 g/mol. The Kier molecular flexibility index (Phi) is 2.97. The minimum absolute atomic E-state index is 0.176. The molecule has 0 aliphatic carbocycles. The van der Waals surface area contributed by atoms with Crippen molar-refractivity contribution in [2.45, 2.75) is 25.8 Å². The van der Waals surface area contributed by atoms with Crippen molar-refractivity contribution in [2.75, 3.05) is 11.5 Å². The van der Waals surface area contributed by atoms with Crippen LogP contribution in [0.4, 0.5) is 0 Å². The fourth-order valence-electron chi connectivity index (χ4n) is 2.69. The predicted molar refractivity (Wildman–Crippen MR) is 79.3 cm³/mol. The van der Waals surface area contributed by atoms with E-state index in [0.29, 0.717) is 6.42 Å². The lowest BCUT2D eigenvalue weighted by Gasteiger charge is -2.22. The van der Waals surface area contributed by atoms with Gasteiger partial charge in [0.05, 0.1) is 23.2 Å². The van der Waals surface area contributed by atoms with Gasteiger partial charge in [0, 0.05) is 11.8 Å². The van der Waals surface area contributed by atoms with Crippen LogP contribution in [0.25, 0.3) is 11.1 Å². The van der Waals surface area contributed by atoms with E-state index in [0.717, 1.165) is 11.1 Å². The number of sulfone groups is 1. The minimum atomic E-state index is -2.92. The molecule has 20 heavy (non-hydrogen) atoms. The third-order valence-electron chi connectivity index (χ3n) is 4.00. The molecule has 0 bridgehead atoms. The van der Waals surface area contributed by atoms with Crippen molar-refractivity contribution in [3.05, 3.63) is 42.2 Å². The molecule has 1 atom stereocenters. The van der Waals surface area contributed by atoms with Gasteiger partial charge in [-0.15, -0.1) is 0 Å². The van der Waals surface area contributed by atoms with E-state index in [1.807, 2.05) is 17.8 Å². The van der Waals surface area contributed by atoms with Gasteiger partial charge >= 0.3 is 0 Å². The van der Waals surface area contributed by atoms with Crippen LogP contribution in [0.15, 0.2) is 36.7 Å². The van der Waals surface area contributed by atoms with Gasteiger partial charge < -0.3 is 0 Å². The summed E-state index contributed by atoms with van der Waals surface area (Å²) in [7, 11) is -2.92. The van der Waals surface area contributed by atoms with Crippen molar-refractivity contribution in [1.29, 1.82) is 0 Å². The third kappa shape index (κ3) is 2.38. The molecule has 1 saturated heterocycles. The molecule has 1 aromatic heterocycles.